The molecule has 1 amide bonds. The molecule has 218 valence electrons. The summed E-state index contributed by atoms with van der Waals surface area (Å²) in [4.78, 5) is 40.0. The second-order valence-corrected chi connectivity index (χ2v) is 11.1. The molecule has 1 aromatic rings. The highest BCUT2D eigenvalue weighted by molar-refractivity contribution is 8.00. The van der Waals surface area contributed by atoms with Gasteiger partial charge in [-0.1, -0.05) is 23.9 Å². The average molecular weight is 595 g/mol. The lowest BCUT2D eigenvalue weighted by Crippen LogP contribution is -2.68. The molecule has 3 aliphatic rings. The van der Waals surface area contributed by atoms with Crippen molar-refractivity contribution in [3.8, 4) is 5.75 Å². The van der Waals surface area contributed by atoms with E-state index in [4.69, 9.17) is 5.73 Å². The number of aliphatic hydroxyl groups is 4. The van der Waals surface area contributed by atoms with Gasteiger partial charge in [0, 0.05) is 23.2 Å². The Balaban J connectivity index is 2.01. The van der Waals surface area contributed by atoms with Crippen molar-refractivity contribution in [2.24, 2.45) is 17.6 Å². The number of hydrogen-bond donors (Lipinski definition) is 6. The predicted octanol–water partition coefficient (Wildman–Crippen LogP) is 1.52. The highest BCUT2D eigenvalue weighted by Gasteiger charge is 2.68. The number of aromatic hydroxyl groups is 1. The number of alkyl halides is 5. The van der Waals surface area contributed by atoms with Crippen LogP contribution < -0.4 is 5.73 Å². The van der Waals surface area contributed by atoms with Gasteiger partial charge in [0.25, 0.3) is 5.91 Å². The van der Waals surface area contributed by atoms with Gasteiger partial charge in [-0.2, -0.15) is 22.0 Å². The Kier molecular flexibility index (Phi) is 7.01. The number of carbonyl (C=O) groups excluding carboxylic acids is 3. The number of nitrogens with two attached hydrogens (primary N) is 1. The highest BCUT2D eigenvalue weighted by Crippen LogP contribution is 2.57. The summed E-state index contributed by atoms with van der Waals surface area (Å²) in [5.74, 6) is -14.1. The lowest BCUT2D eigenvalue weighted by Gasteiger charge is -2.53. The quantitative estimate of drug-likeness (QED) is 0.216. The largest absolute Gasteiger partial charge is 0.510 e. The van der Waals surface area contributed by atoms with Crippen LogP contribution in [0.25, 0.3) is 0 Å². The number of thioether (sulfide) groups is 1. The highest BCUT2D eigenvalue weighted by atomic mass is 32.2. The molecule has 40 heavy (non-hydrogen) atoms. The number of carbonyl (C=O) groups is 3. The van der Waals surface area contributed by atoms with Crippen LogP contribution in [0.4, 0.5) is 22.0 Å². The van der Waals surface area contributed by atoms with E-state index in [1.54, 1.807) is 0 Å². The van der Waals surface area contributed by atoms with E-state index < -0.39 is 116 Å². The zero-order chi connectivity index (χ0) is 30.3. The zero-order valence-corrected chi connectivity index (χ0v) is 21.4. The molecule has 0 saturated carbocycles. The first-order valence-electron chi connectivity index (χ1n) is 11.5. The van der Waals surface area contributed by atoms with Gasteiger partial charge in [0.15, 0.2) is 11.4 Å². The molecule has 6 atom stereocenters. The Morgan fingerprint density at radius 3 is 2.25 bits per heavy atom. The monoisotopic (exact) mass is 594 g/mol. The molecule has 0 aliphatic heterocycles. The minimum atomic E-state index is -5.97. The lowest BCUT2D eigenvalue weighted by molar-refractivity contribution is -0.237. The number of Topliss-reactive ketones (excluding diaryl/α,β-unsaturated/α-hetero) is 2. The molecule has 7 N–H and O–H groups in total. The van der Waals surface area contributed by atoms with E-state index in [1.807, 2.05) is 0 Å². The number of phenols is 1. The summed E-state index contributed by atoms with van der Waals surface area (Å²) in [6.45, 7) is 0. The molecule has 0 saturated heterocycles. The number of phenolic OH excluding ortho intramolecular Hbond substituents is 1. The van der Waals surface area contributed by atoms with Gasteiger partial charge in [0.05, 0.1) is 23.6 Å². The van der Waals surface area contributed by atoms with Crippen LogP contribution in [0, 0.1) is 11.8 Å². The number of hydrogen-bond acceptors (Lipinski definition) is 10. The fourth-order valence-corrected chi connectivity index (χ4v) is 6.81. The van der Waals surface area contributed by atoms with Crippen LogP contribution in [-0.2, 0) is 9.59 Å². The molecule has 4 rings (SSSR count). The van der Waals surface area contributed by atoms with Gasteiger partial charge in [0.2, 0.25) is 5.78 Å². The van der Waals surface area contributed by atoms with E-state index in [0.29, 0.717) is 0 Å². The predicted molar refractivity (Wildman–Crippen MR) is 128 cm³/mol. The van der Waals surface area contributed by atoms with Gasteiger partial charge in [-0.15, -0.1) is 0 Å². The van der Waals surface area contributed by atoms with Crippen molar-refractivity contribution in [1.29, 1.82) is 0 Å². The molecule has 3 aliphatic carbocycles. The first kappa shape index (κ1) is 29.8. The van der Waals surface area contributed by atoms with Crippen molar-refractivity contribution in [3.05, 3.63) is 52.0 Å². The van der Waals surface area contributed by atoms with Crippen LogP contribution in [0.1, 0.15) is 21.8 Å². The SMILES string of the molecule is CN(C)[C@H]1C(O)=C(C(N)=O)C(=O)[C@]2(O)C(O)=C3C(=O)c4c(O)cccc4[C@@H](CSC(F)(F)C(F)(F)F)[C@@H]3[C@@H](O)[C@H]12. The minimum Gasteiger partial charge on any atom is -0.510 e. The molecule has 1 aromatic carbocycles. The number of likely N-dealkylation sites (N-methyl/N-ethyl adjacent to an activating group) is 1. The Bertz CT molecular complexity index is 1380. The van der Waals surface area contributed by atoms with Crippen LogP contribution >= 0.6 is 11.8 Å². The van der Waals surface area contributed by atoms with Crippen molar-refractivity contribution >= 4 is 29.2 Å². The maximum Gasteiger partial charge on any atom is 0.464 e. The fourth-order valence-electron chi connectivity index (χ4n) is 5.88. The first-order valence-corrected chi connectivity index (χ1v) is 12.5. The van der Waals surface area contributed by atoms with Crippen LogP contribution in [0.3, 0.4) is 0 Å². The molecule has 0 bridgehead atoms. The Morgan fingerprint density at radius 2 is 1.73 bits per heavy atom. The number of ketones is 2. The average Bonchev–Trinajstić information content (AvgIpc) is 2.82. The van der Waals surface area contributed by atoms with Gasteiger partial charge in [-0.05, 0) is 25.7 Å². The number of amides is 1. The van der Waals surface area contributed by atoms with E-state index in [2.05, 4.69) is 0 Å². The second kappa shape index (κ2) is 9.43. The molecule has 0 fully saturated rings. The van der Waals surface area contributed by atoms with Crippen molar-refractivity contribution < 1.29 is 61.9 Å². The number of aliphatic hydroxyl groups excluding tert-OH is 3. The van der Waals surface area contributed by atoms with Crippen molar-refractivity contribution in [3.63, 3.8) is 0 Å². The lowest BCUT2D eigenvalue weighted by atomic mass is 9.55. The molecule has 0 radical (unpaired) electrons. The summed E-state index contributed by atoms with van der Waals surface area (Å²) in [5, 5.41) is 50.3. The number of halogens is 5. The maximum atomic E-state index is 14.0. The van der Waals surface area contributed by atoms with Gasteiger partial charge in [0.1, 0.15) is 22.8 Å². The van der Waals surface area contributed by atoms with Crippen LogP contribution in [0.15, 0.2) is 40.9 Å². The number of benzene rings is 1. The summed E-state index contributed by atoms with van der Waals surface area (Å²) < 4.78 is 66.8. The number of nitrogens with zero attached hydrogens (tertiary/aromatic N) is 1. The Morgan fingerprint density at radius 1 is 1.12 bits per heavy atom. The molecule has 0 spiro atoms. The molecule has 10 nitrogen and oxygen atoms in total. The molecular formula is C24H23F5N2O8S. The van der Waals surface area contributed by atoms with Gasteiger partial charge in [-0.25, -0.2) is 0 Å². The maximum absolute atomic E-state index is 14.0. The van der Waals surface area contributed by atoms with E-state index in [0.717, 1.165) is 17.0 Å². The fraction of sp³-hybridized carbons (Fsp3) is 0.458. The van der Waals surface area contributed by atoms with Crippen molar-refractivity contribution in [1.82, 2.24) is 4.90 Å². The second-order valence-electron chi connectivity index (χ2n) is 9.94. The third-order valence-corrected chi connectivity index (χ3v) is 8.69. The summed E-state index contributed by atoms with van der Waals surface area (Å²) in [5.41, 5.74) is -0.966. The van der Waals surface area contributed by atoms with Crippen LogP contribution in [0.2, 0.25) is 0 Å². The Hall–Kier alpha value is -3.21. The molecule has 16 heteroatoms. The molecule has 0 aromatic heterocycles. The van der Waals surface area contributed by atoms with E-state index in [-0.39, 0.29) is 5.56 Å². The van der Waals surface area contributed by atoms with Crippen LogP contribution in [-0.4, -0.2) is 96.9 Å². The summed E-state index contributed by atoms with van der Waals surface area (Å²) in [7, 11) is 2.57. The number of primary amides is 1. The number of rotatable bonds is 5. The van der Waals surface area contributed by atoms with E-state index in [9.17, 15) is 61.9 Å². The smallest absolute Gasteiger partial charge is 0.464 e. The Labute approximate surface area is 226 Å². The summed E-state index contributed by atoms with van der Waals surface area (Å²) in [6, 6.07) is 1.71. The minimum absolute atomic E-state index is 0.234. The van der Waals surface area contributed by atoms with Crippen molar-refractivity contribution in [2.75, 3.05) is 19.8 Å². The standard InChI is InChI=1S/C24H23F5N2O8S/c1-31(2)15-14-17(34)11-8(6-40-24(28,29)23(25,26)27)7-4-3-5-9(32)10(7)16(33)12(11)19(36)22(14,39)20(37)13(18(15)35)21(30)38/h3-5,8,11,14-15,17,32,34-36,39H,6H2,1-2H3,(H2,30,38)/t8-,11+,14+,15-,17-,22-/m1/s1. The first-order chi connectivity index (χ1) is 18.3. The molecule has 0 heterocycles. The summed E-state index contributed by atoms with van der Waals surface area (Å²) >= 11 is -0.864. The normalized spacial score (nSPS) is 30.8. The third-order valence-electron chi connectivity index (χ3n) is 7.57. The van der Waals surface area contributed by atoms with Gasteiger partial charge in [-0.3, -0.25) is 19.3 Å². The topological polar surface area (TPSA) is 182 Å². The number of fused-ring (bicyclic) bond motifs is 3. The van der Waals surface area contributed by atoms with E-state index >= 15 is 0 Å². The zero-order valence-electron chi connectivity index (χ0n) is 20.6. The van der Waals surface area contributed by atoms with Gasteiger partial charge >= 0.3 is 11.4 Å². The van der Waals surface area contributed by atoms with Crippen molar-refractivity contribution in [2.45, 2.75) is 35.1 Å². The third kappa shape index (κ3) is 3.99. The van der Waals surface area contributed by atoms with E-state index in [1.165, 1.54) is 20.2 Å². The molecule has 0 unspecified atom stereocenters. The summed E-state index contributed by atoms with van der Waals surface area (Å²) in [6.07, 6.45) is -8.13. The molecular weight excluding hydrogens is 571 g/mol. The van der Waals surface area contributed by atoms with Gasteiger partial charge < -0.3 is 31.3 Å². The van der Waals surface area contributed by atoms with Crippen LogP contribution in [0.5, 0.6) is 5.75 Å².